The molecule has 10 heteroatoms. The monoisotopic (exact) mass is 441 g/mol. The third-order valence-corrected chi connectivity index (χ3v) is 5.09. The van der Waals surface area contributed by atoms with Crippen LogP contribution < -0.4 is 10.3 Å². The number of aromatic amines is 1. The molecule has 1 unspecified atom stereocenters. The summed E-state index contributed by atoms with van der Waals surface area (Å²) in [6.07, 6.45) is 2.69. The van der Waals surface area contributed by atoms with Crippen molar-refractivity contribution in [1.82, 2.24) is 14.5 Å². The Morgan fingerprint density at radius 1 is 1.13 bits per heavy atom. The van der Waals surface area contributed by atoms with Gasteiger partial charge in [-0.15, -0.1) is 0 Å². The zero-order valence-corrected chi connectivity index (χ0v) is 17.4. The second-order valence-corrected chi connectivity index (χ2v) is 8.16. The van der Waals surface area contributed by atoms with E-state index in [4.69, 9.17) is 14.5 Å². The van der Waals surface area contributed by atoms with Gasteiger partial charge in [0.2, 0.25) is 0 Å². The van der Waals surface area contributed by atoms with Crippen molar-refractivity contribution >= 4 is 18.9 Å². The molecule has 2 heterocycles. The van der Waals surface area contributed by atoms with E-state index in [1.54, 1.807) is 19.1 Å². The summed E-state index contributed by atoms with van der Waals surface area (Å²) in [5.74, 6) is 0.504. The summed E-state index contributed by atoms with van der Waals surface area (Å²) in [4.78, 5) is 37.1. The fourth-order valence-corrected chi connectivity index (χ4v) is 3.66. The van der Waals surface area contributed by atoms with Crippen LogP contribution in [0.2, 0.25) is 0 Å². The zero-order chi connectivity index (χ0) is 22.0. The summed E-state index contributed by atoms with van der Waals surface area (Å²) in [6.45, 7) is 1.39. The van der Waals surface area contributed by atoms with Crippen molar-refractivity contribution in [2.45, 2.75) is 13.0 Å². The highest BCUT2D eigenvalue weighted by Crippen LogP contribution is 2.36. The molecule has 0 bridgehead atoms. The Bertz CT molecular complexity index is 1290. The molecule has 0 aliphatic carbocycles. The van der Waals surface area contributed by atoms with E-state index in [2.05, 4.69) is 14.5 Å². The van der Waals surface area contributed by atoms with Crippen molar-refractivity contribution in [3.63, 3.8) is 0 Å². The molecule has 0 aliphatic heterocycles. The molecule has 0 radical (unpaired) electrons. The molecule has 0 saturated carbocycles. The maximum Gasteiger partial charge on any atom is 0.469 e. The number of aromatic nitrogens is 3. The summed E-state index contributed by atoms with van der Waals surface area (Å²) < 4.78 is 22.8. The minimum absolute atomic E-state index is 0.238. The maximum atomic E-state index is 12.6. The van der Waals surface area contributed by atoms with Crippen LogP contribution in [0.4, 0.5) is 0 Å². The van der Waals surface area contributed by atoms with Crippen LogP contribution in [0.5, 0.6) is 5.75 Å². The summed E-state index contributed by atoms with van der Waals surface area (Å²) in [6, 6.07) is 16.7. The Morgan fingerprint density at radius 2 is 1.84 bits per heavy atom. The molecule has 4 aromatic rings. The van der Waals surface area contributed by atoms with Gasteiger partial charge in [0.1, 0.15) is 11.9 Å². The van der Waals surface area contributed by atoms with Crippen LogP contribution in [0.15, 0.2) is 71.9 Å². The molecule has 2 aromatic heterocycles. The summed E-state index contributed by atoms with van der Waals surface area (Å²) in [5, 5.41) is 0.475. The molecular formula is C21H20N3O6P. The highest BCUT2D eigenvalue weighted by molar-refractivity contribution is 7.46. The van der Waals surface area contributed by atoms with Gasteiger partial charge in [-0.1, -0.05) is 30.3 Å². The van der Waals surface area contributed by atoms with Gasteiger partial charge in [0.15, 0.2) is 5.65 Å². The minimum atomic E-state index is -4.54. The van der Waals surface area contributed by atoms with Gasteiger partial charge in [0.25, 0.3) is 5.56 Å². The van der Waals surface area contributed by atoms with Gasteiger partial charge in [-0.05, 0) is 36.8 Å². The molecule has 31 heavy (non-hydrogen) atoms. The molecule has 0 spiro atoms. The molecule has 3 N–H and O–H groups in total. The van der Waals surface area contributed by atoms with E-state index in [0.29, 0.717) is 16.8 Å². The lowest BCUT2D eigenvalue weighted by atomic mass is 10.1. The van der Waals surface area contributed by atoms with Gasteiger partial charge in [-0.25, -0.2) is 9.55 Å². The van der Waals surface area contributed by atoms with Crippen molar-refractivity contribution in [3.05, 3.63) is 77.5 Å². The number of fused-ring (bicyclic) bond motifs is 1. The number of hydrogen-bond donors (Lipinski definition) is 3. The molecule has 0 amide bonds. The van der Waals surface area contributed by atoms with E-state index in [1.165, 1.54) is 6.33 Å². The number of H-pyrrole nitrogens is 1. The molecule has 2 aromatic carbocycles. The minimum Gasteiger partial charge on any atom is -0.488 e. The smallest absolute Gasteiger partial charge is 0.469 e. The number of nitrogens with zero attached hydrogens (tertiary/aromatic N) is 2. The molecule has 0 aliphatic rings. The normalized spacial score (nSPS) is 12.7. The lowest BCUT2D eigenvalue weighted by molar-refractivity contribution is 0.112. The van der Waals surface area contributed by atoms with Gasteiger partial charge < -0.3 is 24.1 Å². The Hall–Kier alpha value is -3.23. The lowest BCUT2D eigenvalue weighted by Gasteiger charge is -2.15. The summed E-state index contributed by atoms with van der Waals surface area (Å²) in [5.41, 5.74) is 2.71. The van der Waals surface area contributed by atoms with Crippen LogP contribution in [0.1, 0.15) is 6.92 Å². The number of hydrogen-bond acceptors (Lipinski definition) is 5. The Morgan fingerprint density at radius 3 is 2.52 bits per heavy atom. The van der Waals surface area contributed by atoms with E-state index in [0.717, 1.165) is 16.8 Å². The first-order valence-corrected chi connectivity index (χ1v) is 11.0. The van der Waals surface area contributed by atoms with E-state index in [-0.39, 0.29) is 12.2 Å². The quantitative estimate of drug-likeness (QED) is 0.376. The number of ether oxygens (including phenoxy) is 1. The van der Waals surface area contributed by atoms with Gasteiger partial charge in [0.05, 0.1) is 18.3 Å². The second kappa shape index (κ2) is 8.49. The predicted octanol–water partition coefficient (Wildman–Crippen LogP) is 3.26. The van der Waals surface area contributed by atoms with E-state index < -0.39 is 13.9 Å². The van der Waals surface area contributed by atoms with Gasteiger partial charge in [0, 0.05) is 17.4 Å². The Labute approximate surface area is 177 Å². The van der Waals surface area contributed by atoms with E-state index in [9.17, 15) is 9.36 Å². The van der Waals surface area contributed by atoms with Crippen LogP contribution in [0.3, 0.4) is 0 Å². The SMILES string of the molecule is CC(COP(=O)(O)O)Oc1ccc(-c2cn(-c3ccccc3)c3nc[nH]c(=O)c23)cc1. The van der Waals surface area contributed by atoms with Crippen molar-refractivity contribution in [2.75, 3.05) is 6.61 Å². The van der Waals surface area contributed by atoms with Crippen molar-refractivity contribution < 1.29 is 23.6 Å². The summed E-state index contributed by atoms with van der Waals surface area (Å²) in [7, 11) is -4.54. The van der Waals surface area contributed by atoms with E-state index in [1.807, 2.05) is 53.2 Å². The van der Waals surface area contributed by atoms with Crippen molar-refractivity contribution in [2.24, 2.45) is 0 Å². The molecular weight excluding hydrogens is 421 g/mol. The molecule has 1 atom stereocenters. The van der Waals surface area contributed by atoms with Crippen molar-refractivity contribution in [3.8, 4) is 22.6 Å². The van der Waals surface area contributed by atoms with E-state index >= 15 is 0 Å². The third-order valence-electron chi connectivity index (χ3n) is 4.60. The van der Waals surface area contributed by atoms with Crippen LogP contribution in [0.25, 0.3) is 27.8 Å². The first kappa shape index (κ1) is 21.0. The Kier molecular flexibility index (Phi) is 5.75. The second-order valence-electron chi connectivity index (χ2n) is 6.92. The molecule has 4 rings (SSSR count). The Balaban J connectivity index is 1.65. The fraction of sp³-hybridized carbons (Fsp3) is 0.143. The molecule has 0 saturated heterocycles. The first-order chi connectivity index (χ1) is 14.8. The topological polar surface area (TPSA) is 127 Å². The number of benzene rings is 2. The standard InChI is InChI=1S/C21H20N3O6P/c1-14(12-29-31(26,27)28)30-17-9-7-15(8-10-17)18-11-24(16-5-3-2-4-6-16)20-19(18)21(25)23-13-22-20/h2-11,13-14H,12H2,1H3,(H,22,23,25)(H2,26,27,28). The predicted molar refractivity (Wildman–Crippen MR) is 115 cm³/mol. The molecule has 0 fully saturated rings. The van der Waals surface area contributed by atoms with Crippen LogP contribution >= 0.6 is 7.82 Å². The number of phosphoric ester groups is 1. The first-order valence-electron chi connectivity index (χ1n) is 9.43. The number of nitrogens with one attached hydrogen (secondary N) is 1. The van der Waals surface area contributed by atoms with Gasteiger partial charge in [-0.3, -0.25) is 9.32 Å². The van der Waals surface area contributed by atoms with Crippen LogP contribution in [-0.2, 0) is 9.09 Å². The number of para-hydroxylation sites is 1. The fourth-order valence-electron chi connectivity index (χ4n) is 3.26. The summed E-state index contributed by atoms with van der Waals surface area (Å²) >= 11 is 0. The van der Waals surface area contributed by atoms with Gasteiger partial charge >= 0.3 is 7.82 Å². The number of rotatable bonds is 7. The lowest BCUT2D eigenvalue weighted by Crippen LogP contribution is -2.18. The van der Waals surface area contributed by atoms with Crippen LogP contribution in [0, 0.1) is 0 Å². The average Bonchev–Trinajstić information content (AvgIpc) is 3.14. The largest absolute Gasteiger partial charge is 0.488 e. The van der Waals surface area contributed by atoms with Crippen molar-refractivity contribution in [1.29, 1.82) is 0 Å². The highest BCUT2D eigenvalue weighted by atomic mass is 31.2. The van der Waals surface area contributed by atoms with Crippen LogP contribution in [-0.4, -0.2) is 37.0 Å². The highest BCUT2D eigenvalue weighted by Gasteiger charge is 2.18. The third kappa shape index (κ3) is 4.76. The van der Waals surface area contributed by atoms with Gasteiger partial charge in [-0.2, -0.15) is 0 Å². The molecule has 9 nitrogen and oxygen atoms in total. The zero-order valence-electron chi connectivity index (χ0n) is 16.5. The number of phosphoric acid groups is 1. The average molecular weight is 441 g/mol. The maximum absolute atomic E-state index is 12.6. The molecule has 160 valence electrons.